The van der Waals surface area contributed by atoms with E-state index >= 15 is 0 Å². The van der Waals surface area contributed by atoms with Gasteiger partial charge in [0, 0.05) is 12.6 Å². The van der Waals surface area contributed by atoms with Crippen molar-refractivity contribution in [2.75, 3.05) is 7.05 Å². The van der Waals surface area contributed by atoms with E-state index in [0.29, 0.717) is 5.56 Å². The number of carbonyl (C=O) groups is 1. The normalized spacial score (nSPS) is 10.3. The van der Waals surface area contributed by atoms with Gasteiger partial charge in [0.2, 0.25) is 0 Å². The maximum absolute atomic E-state index is 11.5. The minimum absolute atomic E-state index is 0.119. The summed E-state index contributed by atoms with van der Waals surface area (Å²) in [7, 11) is 1.58. The average molecular weight is 193 g/mol. The summed E-state index contributed by atoms with van der Waals surface area (Å²) in [5, 5.41) is 11.8. The second kappa shape index (κ2) is 4.13. The Hall–Kier alpha value is -1.51. The fourth-order valence-corrected chi connectivity index (χ4v) is 1.38. The monoisotopic (exact) mass is 193 g/mol. The van der Waals surface area contributed by atoms with Gasteiger partial charge in [-0.15, -0.1) is 0 Å². The lowest BCUT2D eigenvalue weighted by Crippen LogP contribution is -2.19. The van der Waals surface area contributed by atoms with Crippen LogP contribution in [0.25, 0.3) is 0 Å². The molecular weight excluding hydrogens is 178 g/mol. The van der Waals surface area contributed by atoms with Gasteiger partial charge in [-0.2, -0.15) is 0 Å². The van der Waals surface area contributed by atoms with Gasteiger partial charge in [-0.1, -0.05) is 19.9 Å². The molecule has 1 aromatic rings. The zero-order valence-electron chi connectivity index (χ0n) is 8.66. The van der Waals surface area contributed by atoms with Crippen molar-refractivity contribution in [1.82, 2.24) is 5.32 Å². The molecule has 1 amide bonds. The standard InChI is InChI=1S/C11H15NO2/c1-7(2)9-5-4-8(13)6-10(9)11(14)12-3/h4-7,13H,1-3H3,(H,12,14). The van der Waals surface area contributed by atoms with Gasteiger partial charge < -0.3 is 10.4 Å². The van der Waals surface area contributed by atoms with Gasteiger partial charge in [0.1, 0.15) is 5.75 Å². The number of phenols is 1. The van der Waals surface area contributed by atoms with Gasteiger partial charge in [0.15, 0.2) is 0 Å². The van der Waals surface area contributed by atoms with Gasteiger partial charge in [0.05, 0.1) is 0 Å². The zero-order valence-corrected chi connectivity index (χ0v) is 8.66. The van der Waals surface area contributed by atoms with E-state index in [1.165, 1.54) is 6.07 Å². The highest BCUT2D eigenvalue weighted by Gasteiger charge is 2.12. The molecule has 0 aliphatic heterocycles. The molecule has 0 radical (unpaired) electrons. The first-order chi connectivity index (χ1) is 6.56. The second-order valence-electron chi connectivity index (χ2n) is 3.51. The van der Waals surface area contributed by atoms with E-state index in [0.717, 1.165) is 5.56 Å². The molecule has 3 heteroatoms. The maximum atomic E-state index is 11.5. The molecule has 0 aliphatic carbocycles. The Bertz CT molecular complexity index is 345. The molecular formula is C11H15NO2. The number of carbonyl (C=O) groups excluding carboxylic acids is 1. The van der Waals surface area contributed by atoms with Crippen molar-refractivity contribution >= 4 is 5.91 Å². The molecule has 0 heterocycles. The molecule has 3 nitrogen and oxygen atoms in total. The minimum atomic E-state index is -0.162. The first-order valence-electron chi connectivity index (χ1n) is 4.61. The van der Waals surface area contributed by atoms with E-state index in [-0.39, 0.29) is 17.6 Å². The quantitative estimate of drug-likeness (QED) is 0.753. The van der Waals surface area contributed by atoms with Gasteiger partial charge >= 0.3 is 0 Å². The molecule has 0 saturated carbocycles. The van der Waals surface area contributed by atoms with Crippen LogP contribution >= 0.6 is 0 Å². The van der Waals surface area contributed by atoms with E-state index < -0.39 is 0 Å². The summed E-state index contributed by atoms with van der Waals surface area (Å²) in [5.74, 6) is 0.223. The van der Waals surface area contributed by atoms with Crippen LogP contribution in [0, 0.1) is 0 Å². The number of phenolic OH excluding ortho intramolecular Hbond substituents is 1. The van der Waals surface area contributed by atoms with Crippen LogP contribution in [0.1, 0.15) is 35.7 Å². The Kier molecular flexibility index (Phi) is 3.12. The minimum Gasteiger partial charge on any atom is -0.508 e. The average Bonchev–Trinajstić information content (AvgIpc) is 2.16. The molecule has 0 aromatic heterocycles. The Morgan fingerprint density at radius 1 is 1.43 bits per heavy atom. The van der Waals surface area contributed by atoms with Crippen molar-refractivity contribution in [2.45, 2.75) is 19.8 Å². The third-order valence-corrected chi connectivity index (χ3v) is 2.13. The molecule has 0 aliphatic rings. The van der Waals surface area contributed by atoms with Crippen LogP contribution in [0.5, 0.6) is 5.75 Å². The van der Waals surface area contributed by atoms with E-state index in [2.05, 4.69) is 5.32 Å². The molecule has 0 fully saturated rings. The number of nitrogens with one attached hydrogen (secondary N) is 1. The summed E-state index contributed by atoms with van der Waals surface area (Å²) >= 11 is 0. The summed E-state index contributed by atoms with van der Waals surface area (Å²) in [4.78, 5) is 11.5. The molecule has 1 rings (SSSR count). The molecule has 0 atom stereocenters. The van der Waals surface area contributed by atoms with Crippen molar-refractivity contribution in [1.29, 1.82) is 0 Å². The molecule has 2 N–H and O–H groups in total. The molecule has 0 saturated heterocycles. The van der Waals surface area contributed by atoms with Crippen LogP contribution < -0.4 is 5.32 Å². The lowest BCUT2D eigenvalue weighted by atomic mass is 9.96. The highest BCUT2D eigenvalue weighted by molar-refractivity contribution is 5.96. The smallest absolute Gasteiger partial charge is 0.251 e. The third kappa shape index (κ3) is 2.05. The van der Waals surface area contributed by atoms with E-state index in [1.807, 2.05) is 13.8 Å². The lowest BCUT2D eigenvalue weighted by Gasteiger charge is -2.11. The highest BCUT2D eigenvalue weighted by Crippen LogP contribution is 2.23. The fourth-order valence-electron chi connectivity index (χ4n) is 1.38. The zero-order chi connectivity index (χ0) is 10.7. The van der Waals surface area contributed by atoms with Crippen LogP contribution in [-0.2, 0) is 0 Å². The van der Waals surface area contributed by atoms with Crippen molar-refractivity contribution < 1.29 is 9.90 Å². The lowest BCUT2D eigenvalue weighted by molar-refractivity contribution is 0.0961. The molecule has 1 aromatic carbocycles. The van der Waals surface area contributed by atoms with Crippen LogP contribution in [0.2, 0.25) is 0 Å². The summed E-state index contributed by atoms with van der Waals surface area (Å²) in [6.45, 7) is 4.03. The number of amides is 1. The van der Waals surface area contributed by atoms with E-state index in [9.17, 15) is 9.90 Å². The third-order valence-electron chi connectivity index (χ3n) is 2.13. The number of benzene rings is 1. The number of rotatable bonds is 2. The summed E-state index contributed by atoms with van der Waals surface area (Å²) in [5.41, 5.74) is 1.49. The van der Waals surface area contributed by atoms with Crippen LogP contribution in [0.4, 0.5) is 0 Å². The number of hydrogen-bond acceptors (Lipinski definition) is 2. The maximum Gasteiger partial charge on any atom is 0.251 e. The Balaban J connectivity index is 3.22. The first-order valence-corrected chi connectivity index (χ1v) is 4.61. The van der Waals surface area contributed by atoms with Crippen molar-refractivity contribution in [3.8, 4) is 5.75 Å². The Labute approximate surface area is 83.8 Å². The van der Waals surface area contributed by atoms with Crippen LogP contribution in [-0.4, -0.2) is 18.1 Å². The van der Waals surface area contributed by atoms with Crippen LogP contribution in [0.3, 0.4) is 0 Å². The molecule has 0 bridgehead atoms. The first kappa shape index (κ1) is 10.6. The molecule has 0 spiro atoms. The Morgan fingerprint density at radius 2 is 2.07 bits per heavy atom. The fraction of sp³-hybridized carbons (Fsp3) is 0.364. The van der Waals surface area contributed by atoms with Crippen molar-refractivity contribution in [3.05, 3.63) is 29.3 Å². The van der Waals surface area contributed by atoms with Crippen molar-refractivity contribution in [3.63, 3.8) is 0 Å². The van der Waals surface area contributed by atoms with Gasteiger partial charge in [-0.25, -0.2) is 0 Å². The number of hydrogen-bond donors (Lipinski definition) is 2. The van der Waals surface area contributed by atoms with Gasteiger partial charge in [-0.3, -0.25) is 4.79 Å². The van der Waals surface area contributed by atoms with Gasteiger partial charge in [-0.05, 0) is 23.6 Å². The topological polar surface area (TPSA) is 49.3 Å². The number of aromatic hydroxyl groups is 1. The predicted octanol–water partition coefficient (Wildman–Crippen LogP) is 1.88. The summed E-state index contributed by atoms with van der Waals surface area (Å²) in [6, 6.07) is 4.88. The molecule has 76 valence electrons. The summed E-state index contributed by atoms with van der Waals surface area (Å²) in [6.07, 6.45) is 0. The SMILES string of the molecule is CNC(=O)c1cc(O)ccc1C(C)C. The molecule has 14 heavy (non-hydrogen) atoms. The van der Waals surface area contributed by atoms with Crippen LogP contribution in [0.15, 0.2) is 18.2 Å². The second-order valence-corrected chi connectivity index (χ2v) is 3.51. The van der Waals surface area contributed by atoms with E-state index in [1.54, 1.807) is 19.2 Å². The van der Waals surface area contributed by atoms with E-state index in [4.69, 9.17) is 0 Å². The Morgan fingerprint density at radius 3 is 2.57 bits per heavy atom. The van der Waals surface area contributed by atoms with Crippen molar-refractivity contribution in [2.24, 2.45) is 0 Å². The summed E-state index contributed by atoms with van der Waals surface area (Å²) < 4.78 is 0. The highest BCUT2D eigenvalue weighted by atomic mass is 16.3. The predicted molar refractivity (Wildman–Crippen MR) is 55.6 cm³/mol. The largest absolute Gasteiger partial charge is 0.508 e. The van der Waals surface area contributed by atoms with Gasteiger partial charge in [0.25, 0.3) is 5.91 Å². The molecule has 0 unspecified atom stereocenters.